The molecule has 0 aromatic heterocycles. The van der Waals surface area contributed by atoms with E-state index in [4.69, 9.17) is 4.74 Å². The predicted octanol–water partition coefficient (Wildman–Crippen LogP) is 3.20. The number of hydrogen-bond acceptors (Lipinski definition) is 2. The highest BCUT2D eigenvalue weighted by Crippen LogP contribution is 2.05. The van der Waals surface area contributed by atoms with Crippen molar-refractivity contribution in [2.75, 3.05) is 13.2 Å². The fourth-order valence-corrected chi connectivity index (χ4v) is 1.41. The summed E-state index contributed by atoms with van der Waals surface area (Å²) in [5.41, 5.74) is 0. The van der Waals surface area contributed by atoms with Gasteiger partial charge in [0.05, 0.1) is 0 Å². The van der Waals surface area contributed by atoms with Crippen molar-refractivity contribution in [3.05, 3.63) is 0 Å². The number of carbonyl (C=O) groups is 1. The first-order valence-electron chi connectivity index (χ1n) is 5.80. The Hall–Kier alpha value is -0.370. The van der Waals surface area contributed by atoms with Crippen LogP contribution in [0.15, 0.2) is 0 Å². The Kier molecular flexibility index (Phi) is 8.95. The van der Waals surface area contributed by atoms with Gasteiger partial charge in [-0.3, -0.25) is 4.79 Å². The fraction of sp³-hybridized carbons (Fsp3) is 0.917. The summed E-state index contributed by atoms with van der Waals surface area (Å²) in [7, 11) is 0. The van der Waals surface area contributed by atoms with Crippen LogP contribution in [0, 0.1) is 5.92 Å². The molecular formula is C12H24O2. The van der Waals surface area contributed by atoms with Gasteiger partial charge in [-0.15, -0.1) is 0 Å². The Labute approximate surface area is 88.0 Å². The van der Waals surface area contributed by atoms with Gasteiger partial charge in [0, 0.05) is 26.1 Å². The lowest BCUT2D eigenvalue weighted by Crippen LogP contribution is -2.07. The van der Waals surface area contributed by atoms with Crippen LogP contribution in [0.3, 0.4) is 0 Å². The first-order chi connectivity index (χ1) is 6.70. The Balaban J connectivity index is 3.17. The van der Waals surface area contributed by atoms with Gasteiger partial charge < -0.3 is 4.74 Å². The molecule has 0 rings (SSSR count). The van der Waals surface area contributed by atoms with E-state index >= 15 is 0 Å². The Morgan fingerprint density at radius 1 is 1.36 bits per heavy atom. The van der Waals surface area contributed by atoms with Crippen molar-refractivity contribution in [2.45, 2.75) is 52.9 Å². The van der Waals surface area contributed by atoms with Crippen molar-refractivity contribution >= 4 is 5.78 Å². The second kappa shape index (κ2) is 9.20. The van der Waals surface area contributed by atoms with Gasteiger partial charge in [-0.05, 0) is 18.8 Å². The van der Waals surface area contributed by atoms with Crippen LogP contribution >= 0.6 is 0 Å². The minimum Gasteiger partial charge on any atom is -0.381 e. The summed E-state index contributed by atoms with van der Waals surface area (Å²) in [4.78, 5) is 11.0. The minimum atomic E-state index is 0.343. The Morgan fingerprint density at radius 2 is 2.07 bits per heavy atom. The molecular weight excluding hydrogens is 176 g/mol. The normalized spacial score (nSPS) is 12.8. The molecule has 0 radical (unpaired) electrons. The highest BCUT2D eigenvalue weighted by Gasteiger charge is 2.01. The maximum absolute atomic E-state index is 11.0. The Morgan fingerprint density at radius 3 is 2.64 bits per heavy atom. The molecule has 0 bridgehead atoms. The molecule has 0 fully saturated rings. The predicted molar refractivity (Wildman–Crippen MR) is 59.4 cm³/mol. The highest BCUT2D eigenvalue weighted by molar-refractivity contribution is 5.77. The van der Waals surface area contributed by atoms with E-state index in [0.717, 1.165) is 19.6 Å². The quantitative estimate of drug-likeness (QED) is 0.534. The lowest BCUT2D eigenvalue weighted by molar-refractivity contribution is -0.119. The molecule has 0 aliphatic carbocycles. The first-order valence-corrected chi connectivity index (χ1v) is 5.80. The van der Waals surface area contributed by atoms with Crippen molar-refractivity contribution in [1.29, 1.82) is 0 Å². The average Bonchev–Trinajstić information content (AvgIpc) is 2.17. The monoisotopic (exact) mass is 200 g/mol. The zero-order chi connectivity index (χ0) is 10.8. The van der Waals surface area contributed by atoms with E-state index in [1.807, 2.05) is 6.92 Å². The largest absolute Gasteiger partial charge is 0.381 e. The third kappa shape index (κ3) is 8.24. The number of hydrogen-bond donors (Lipinski definition) is 0. The van der Waals surface area contributed by atoms with Crippen LogP contribution in [0.5, 0.6) is 0 Å². The lowest BCUT2D eigenvalue weighted by atomic mass is 10.1. The summed E-state index contributed by atoms with van der Waals surface area (Å²) in [6, 6.07) is 0. The van der Waals surface area contributed by atoms with Crippen LogP contribution < -0.4 is 0 Å². The number of ketones is 1. The van der Waals surface area contributed by atoms with E-state index < -0.39 is 0 Å². The molecule has 0 aromatic rings. The highest BCUT2D eigenvalue weighted by atomic mass is 16.5. The number of Topliss-reactive ketones (excluding diaryl/α,β-unsaturated/α-hetero) is 1. The fourth-order valence-electron chi connectivity index (χ4n) is 1.41. The molecule has 0 saturated heterocycles. The van der Waals surface area contributed by atoms with Gasteiger partial charge in [0.25, 0.3) is 0 Å². The SMILES string of the molecule is CCCC(C)COCCCC(=O)CC. The van der Waals surface area contributed by atoms with Crippen molar-refractivity contribution in [3.8, 4) is 0 Å². The van der Waals surface area contributed by atoms with Crippen molar-refractivity contribution in [3.63, 3.8) is 0 Å². The van der Waals surface area contributed by atoms with E-state index in [2.05, 4.69) is 13.8 Å². The van der Waals surface area contributed by atoms with Gasteiger partial charge in [0.1, 0.15) is 5.78 Å². The molecule has 0 aliphatic heterocycles. The molecule has 0 amide bonds. The summed E-state index contributed by atoms with van der Waals surface area (Å²) in [5, 5.41) is 0. The van der Waals surface area contributed by atoms with E-state index in [1.165, 1.54) is 12.8 Å². The van der Waals surface area contributed by atoms with Gasteiger partial charge in [0.2, 0.25) is 0 Å². The van der Waals surface area contributed by atoms with Gasteiger partial charge in [-0.1, -0.05) is 27.2 Å². The molecule has 0 aliphatic rings. The van der Waals surface area contributed by atoms with Crippen LogP contribution in [0.4, 0.5) is 0 Å². The molecule has 1 unspecified atom stereocenters. The van der Waals surface area contributed by atoms with E-state index in [0.29, 0.717) is 24.5 Å². The lowest BCUT2D eigenvalue weighted by Gasteiger charge is -2.10. The number of ether oxygens (including phenoxy) is 1. The smallest absolute Gasteiger partial charge is 0.132 e. The first kappa shape index (κ1) is 13.6. The van der Waals surface area contributed by atoms with Crippen LogP contribution in [0.25, 0.3) is 0 Å². The van der Waals surface area contributed by atoms with Gasteiger partial charge >= 0.3 is 0 Å². The molecule has 0 aromatic carbocycles. The van der Waals surface area contributed by atoms with Gasteiger partial charge in [-0.25, -0.2) is 0 Å². The summed E-state index contributed by atoms with van der Waals surface area (Å²) >= 11 is 0. The van der Waals surface area contributed by atoms with Crippen molar-refractivity contribution in [1.82, 2.24) is 0 Å². The number of rotatable bonds is 9. The molecule has 0 saturated carbocycles. The molecule has 0 heterocycles. The summed E-state index contributed by atoms with van der Waals surface area (Å²) in [5.74, 6) is 0.997. The molecule has 14 heavy (non-hydrogen) atoms. The standard InChI is InChI=1S/C12H24O2/c1-4-7-11(3)10-14-9-6-8-12(13)5-2/h11H,4-10H2,1-3H3. The Bertz CT molecular complexity index is 143. The topological polar surface area (TPSA) is 26.3 Å². The number of carbonyl (C=O) groups excluding carboxylic acids is 1. The van der Waals surface area contributed by atoms with E-state index in [1.54, 1.807) is 0 Å². The van der Waals surface area contributed by atoms with Crippen LogP contribution in [0.2, 0.25) is 0 Å². The second-order valence-electron chi connectivity index (χ2n) is 3.96. The van der Waals surface area contributed by atoms with E-state index in [-0.39, 0.29) is 0 Å². The maximum Gasteiger partial charge on any atom is 0.132 e. The molecule has 0 N–H and O–H groups in total. The maximum atomic E-state index is 11.0. The second-order valence-corrected chi connectivity index (χ2v) is 3.96. The van der Waals surface area contributed by atoms with Gasteiger partial charge in [-0.2, -0.15) is 0 Å². The average molecular weight is 200 g/mol. The van der Waals surface area contributed by atoms with Crippen molar-refractivity contribution < 1.29 is 9.53 Å². The zero-order valence-corrected chi connectivity index (χ0v) is 9.84. The minimum absolute atomic E-state index is 0.343. The third-order valence-corrected chi connectivity index (χ3v) is 2.32. The molecule has 2 nitrogen and oxygen atoms in total. The molecule has 2 heteroatoms. The van der Waals surface area contributed by atoms with Crippen LogP contribution in [-0.2, 0) is 9.53 Å². The van der Waals surface area contributed by atoms with E-state index in [9.17, 15) is 4.79 Å². The molecule has 0 spiro atoms. The molecule has 1 atom stereocenters. The van der Waals surface area contributed by atoms with Crippen LogP contribution in [0.1, 0.15) is 52.9 Å². The summed E-state index contributed by atoms with van der Waals surface area (Å²) < 4.78 is 5.49. The van der Waals surface area contributed by atoms with Crippen LogP contribution in [-0.4, -0.2) is 19.0 Å². The van der Waals surface area contributed by atoms with Gasteiger partial charge in [0.15, 0.2) is 0 Å². The van der Waals surface area contributed by atoms with Crippen molar-refractivity contribution in [2.24, 2.45) is 5.92 Å². The summed E-state index contributed by atoms with van der Waals surface area (Å²) in [6.07, 6.45) is 4.67. The molecule has 84 valence electrons. The zero-order valence-electron chi connectivity index (χ0n) is 9.84. The summed E-state index contributed by atoms with van der Waals surface area (Å²) in [6.45, 7) is 7.89. The third-order valence-electron chi connectivity index (χ3n) is 2.32.